The molecule has 3 aliphatic rings. The lowest BCUT2D eigenvalue weighted by Crippen LogP contribution is -2.63. The standard InChI is InChI=1S/C16H29N3/c1-4-15(5-2)7-9-18-14-13(15)16(11-17-12-16)8-10-19(14)6-3/h17-18H,4-12H2,1-3H3. The van der Waals surface area contributed by atoms with E-state index in [0.29, 0.717) is 10.8 Å². The van der Waals surface area contributed by atoms with Crippen LogP contribution >= 0.6 is 0 Å². The number of nitrogens with one attached hydrogen (secondary N) is 2. The Morgan fingerprint density at radius 2 is 1.84 bits per heavy atom. The van der Waals surface area contributed by atoms with Crippen molar-refractivity contribution in [2.24, 2.45) is 10.8 Å². The third-order valence-corrected chi connectivity index (χ3v) is 6.03. The van der Waals surface area contributed by atoms with Crippen LogP contribution in [-0.4, -0.2) is 37.6 Å². The summed E-state index contributed by atoms with van der Waals surface area (Å²) in [4.78, 5) is 2.58. The largest absolute Gasteiger partial charge is 0.372 e. The lowest BCUT2D eigenvalue weighted by Gasteiger charge is -2.58. The van der Waals surface area contributed by atoms with Crippen LogP contribution in [0.4, 0.5) is 0 Å². The van der Waals surface area contributed by atoms with E-state index >= 15 is 0 Å². The van der Waals surface area contributed by atoms with Gasteiger partial charge in [-0.25, -0.2) is 0 Å². The summed E-state index contributed by atoms with van der Waals surface area (Å²) in [7, 11) is 0. The van der Waals surface area contributed by atoms with Crippen molar-refractivity contribution in [1.82, 2.24) is 15.5 Å². The van der Waals surface area contributed by atoms with E-state index in [-0.39, 0.29) is 0 Å². The summed E-state index contributed by atoms with van der Waals surface area (Å²) in [5.74, 6) is 1.50. The van der Waals surface area contributed by atoms with Crippen molar-refractivity contribution in [3.05, 3.63) is 11.4 Å². The molecular formula is C16H29N3. The quantitative estimate of drug-likeness (QED) is 0.818. The molecule has 3 heteroatoms. The van der Waals surface area contributed by atoms with Crippen molar-refractivity contribution in [2.75, 3.05) is 32.7 Å². The van der Waals surface area contributed by atoms with Gasteiger partial charge in [-0.15, -0.1) is 0 Å². The summed E-state index contributed by atoms with van der Waals surface area (Å²) < 4.78 is 0. The van der Waals surface area contributed by atoms with Gasteiger partial charge in [-0.1, -0.05) is 13.8 Å². The number of rotatable bonds is 3. The molecule has 19 heavy (non-hydrogen) atoms. The highest BCUT2D eigenvalue weighted by Crippen LogP contribution is 2.55. The molecule has 0 amide bonds. The van der Waals surface area contributed by atoms with Crippen LogP contribution in [0.1, 0.15) is 46.5 Å². The van der Waals surface area contributed by atoms with Crippen LogP contribution in [-0.2, 0) is 0 Å². The summed E-state index contributed by atoms with van der Waals surface area (Å²) in [6, 6.07) is 0. The Morgan fingerprint density at radius 3 is 2.37 bits per heavy atom. The average Bonchev–Trinajstić information content (AvgIpc) is 2.43. The highest BCUT2D eigenvalue weighted by atomic mass is 15.3. The van der Waals surface area contributed by atoms with Gasteiger partial charge in [0.1, 0.15) is 5.82 Å². The molecule has 0 aromatic carbocycles. The molecule has 3 rings (SSSR count). The van der Waals surface area contributed by atoms with E-state index in [2.05, 4.69) is 36.3 Å². The molecule has 2 N–H and O–H groups in total. The molecule has 3 aliphatic heterocycles. The zero-order valence-electron chi connectivity index (χ0n) is 12.8. The zero-order valence-corrected chi connectivity index (χ0v) is 12.8. The van der Waals surface area contributed by atoms with Crippen LogP contribution in [0.2, 0.25) is 0 Å². The highest BCUT2D eigenvalue weighted by molar-refractivity contribution is 5.36. The van der Waals surface area contributed by atoms with Gasteiger partial charge in [-0.05, 0) is 43.6 Å². The maximum atomic E-state index is 3.75. The first-order chi connectivity index (χ1) is 9.21. The van der Waals surface area contributed by atoms with Gasteiger partial charge in [-0.2, -0.15) is 0 Å². The first-order valence-electron chi connectivity index (χ1n) is 8.16. The lowest BCUT2D eigenvalue weighted by atomic mass is 9.56. The van der Waals surface area contributed by atoms with Crippen molar-refractivity contribution in [2.45, 2.75) is 46.5 Å². The molecule has 0 radical (unpaired) electrons. The zero-order chi connectivity index (χ0) is 13.5. The molecule has 3 nitrogen and oxygen atoms in total. The Morgan fingerprint density at radius 1 is 1.11 bits per heavy atom. The number of hydrogen-bond acceptors (Lipinski definition) is 3. The molecule has 0 aromatic rings. The Balaban J connectivity index is 2.10. The van der Waals surface area contributed by atoms with Crippen LogP contribution in [0.25, 0.3) is 0 Å². The molecule has 0 bridgehead atoms. The minimum Gasteiger partial charge on any atom is -0.372 e. The second-order valence-corrected chi connectivity index (χ2v) is 6.60. The maximum absolute atomic E-state index is 3.75. The molecule has 1 saturated heterocycles. The first-order valence-corrected chi connectivity index (χ1v) is 8.16. The Bertz CT molecular complexity index is 377. The molecule has 1 fully saturated rings. The third-order valence-electron chi connectivity index (χ3n) is 6.03. The van der Waals surface area contributed by atoms with Crippen molar-refractivity contribution in [1.29, 1.82) is 0 Å². The summed E-state index contributed by atoms with van der Waals surface area (Å²) >= 11 is 0. The fourth-order valence-electron chi connectivity index (χ4n) is 4.61. The smallest absolute Gasteiger partial charge is 0.102 e. The molecule has 108 valence electrons. The molecule has 0 aromatic heterocycles. The van der Waals surface area contributed by atoms with Crippen molar-refractivity contribution in [3.63, 3.8) is 0 Å². The highest BCUT2D eigenvalue weighted by Gasteiger charge is 2.53. The maximum Gasteiger partial charge on any atom is 0.102 e. The number of fused-ring (bicyclic) bond motifs is 1. The minimum atomic E-state index is 0.455. The van der Waals surface area contributed by atoms with E-state index < -0.39 is 0 Å². The fourth-order valence-corrected chi connectivity index (χ4v) is 4.61. The number of nitrogens with zero attached hydrogens (tertiary/aromatic N) is 1. The van der Waals surface area contributed by atoms with Gasteiger partial charge in [0.05, 0.1) is 0 Å². The normalized spacial score (nSPS) is 27.8. The van der Waals surface area contributed by atoms with Gasteiger partial charge >= 0.3 is 0 Å². The molecule has 0 unspecified atom stereocenters. The SMILES string of the molecule is CCN1CCC2(CNC2)C2=C1NCCC2(CC)CC. The average molecular weight is 263 g/mol. The topological polar surface area (TPSA) is 27.3 Å². The van der Waals surface area contributed by atoms with Gasteiger partial charge in [0.2, 0.25) is 0 Å². The molecule has 1 spiro atoms. The monoisotopic (exact) mass is 263 g/mol. The predicted molar refractivity (Wildman–Crippen MR) is 79.8 cm³/mol. The molecule has 3 heterocycles. The van der Waals surface area contributed by atoms with Crippen LogP contribution in [0.5, 0.6) is 0 Å². The molecule has 0 aliphatic carbocycles. The predicted octanol–water partition coefficient (Wildman–Crippen LogP) is 2.31. The molecule has 0 saturated carbocycles. The molecular weight excluding hydrogens is 234 g/mol. The fraction of sp³-hybridized carbons (Fsp3) is 0.875. The third kappa shape index (κ3) is 1.74. The van der Waals surface area contributed by atoms with Gasteiger partial charge < -0.3 is 15.5 Å². The Labute approximate surface area is 117 Å². The van der Waals surface area contributed by atoms with Gasteiger partial charge in [0, 0.05) is 38.1 Å². The van der Waals surface area contributed by atoms with E-state index in [1.807, 2.05) is 0 Å². The second kappa shape index (κ2) is 4.69. The van der Waals surface area contributed by atoms with E-state index in [1.54, 1.807) is 5.57 Å². The van der Waals surface area contributed by atoms with Crippen molar-refractivity contribution in [3.8, 4) is 0 Å². The number of hydrogen-bond donors (Lipinski definition) is 2. The lowest BCUT2D eigenvalue weighted by molar-refractivity contribution is 0.0758. The summed E-state index contributed by atoms with van der Waals surface area (Å²) in [5.41, 5.74) is 2.71. The van der Waals surface area contributed by atoms with Crippen LogP contribution in [0, 0.1) is 10.8 Å². The van der Waals surface area contributed by atoms with E-state index in [0.717, 1.165) is 13.1 Å². The van der Waals surface area contributed by atoms with Crippen molar-refractivity contribution < 1.29 is 0 Å². The van der Waals surface area contributed by atoms with Crippen LogP contribution in [0.15, 0.2) is 11.4 Å². The van der Waals surface area contributed by atoms with Crippen LogP contribution in [0.3, 0.4) is 0 Å². The van der Waals surface area contributed by atoms with Gasteiger partial charge in [0.15, 0.2) is 0 Å². The van der Waals surface area contributed by atoms with Gasteiger partial charge in [-0.3, -0.25) is 0 Å². The van der Waals surface area contributed by atoms with Crippen molar-refractivity contribution >= 4 is 0 Å². The molecule has 0 atom stereocenters. The van der Waals surface area contributed by atoms with E-state index in [9.17, 15) is 0 Å². The van der Waals surface area contributed by atoms with E-state index in [1.165, 1.54) is 51.1 Å². The summed E-state index contributed by atoms with van der Waals surface area (Å²) in [5, 5.41) is 7.29. The van der Waals surface area contributed by atoms with Gasteiger partial charge in [0.25, 0.3) is 0 Å². The summed E-state index contributed by atoms with van der Waals surface area (Å²) in [6.45, 7) is 13.0. The second-order valence-electron chi connectivity index (χ2n) is 6.60. The first kappa shape index (κ1) is 13.3. The summed E-state index contributed by atoms with van der Waals surface area (Å²) in [6.07, 6.45) is 5.25. The van der Waals surface area contributed by atoms with E-state index in [4.69, 9.17) is 0 Å². The Kier molecular flexibility index (Phi) is 3.28. The van der Waals surface area contributed by atoms with Crippen LogP contribution < -0.4 is 10.6 Å². The minimum absolute atomic E-state index is 0.455. The Hall–Kier alpha value is -0.700.